The number of rotatable bonds is 5. The maximum atomic E-state index is 14.0. The van der Waals surface area contributed by atoms with Gasteiger partial charge in [-0.25, -0.2) is 9.37 Å². The lowest BCUT2D eigenvalue weighted by atomic mass is 9.86. The number of hydrogen-bond donors (Lipinski definition) is 2. The summed E-state index contributed by atoms with van der Waals surface area (Å²) in [5.41, 5.74) is 1.52. The summed E-state index contributed by atoms with van der Waals surface area (Å²) in [7, 11) is 0. The summed E-state index contributed by atoms with van der Waals surface area (Å²) in [6, 6.07) is 7.04. The summed E-state index contributed by atoms with van der Waals surface area (Å²) < 4.78 is 19.3. The Bertz CT molecular complexity index is 724. The fourth-order valence-electron chi connectivity index (χ4n) is 3.34. The Labute approximate surface area is 144 Å². The summed E-state index contributed by atoms with van der Waals surface area (Å²) >= 11 is 1.59. The molecule has 1 aliphatic heterocycles. The molecule has 1 fully saturated rings. The van der Waals surface area contributed by atoms with E-state index >= 15 is 0 Å². The quantitative estimate of drug-likeness (QED) is 0.872. The van der Waals surface area contributed by atoms with Crippen molar-refractivity contribution in [1.29, 1.82) is 0 Å². The van der Waals surface area contributed by atoms with Gasteiger partial charge in [0.1, 0.15) is 10.8 Å². The first-order chi connectivity index (χ1) is 11.7. The Balaban J connectivity index is 1.55. The zero-order valence-electron chi connectivity index (χ0n) is 13.4. The molecular weight excluding hydrogens is 327 g/mol. The molecule has 2 heterocycles. The number of benzene rings is 1. The van der Waals surface area contributed by atoms with Gasteiger partial charge in [0.05, 0.1) is 30.9 Å². The molecule has 1 saturated heterocycles. The number of thiazole rings is 1. The van der Waals surface area contributed by atoms with Gasteiger partial charge in [-0.05, 0) is 31.4 Å². The second-order valence-corrected chi connectivity index (χ2v) is 7.82. The summed E-state index contributed by atoms with van der Waals surface area (Å²) in [4.78, 5) is 5.91. The standard InChI is InChI=1S/C18H21FN2O2S/c19-13-5-2-1-4-12(13)17-21-15-7-3-6-14(16(15)24-17)20-8-18(9-22)10-23-11-18/h1-2,4-5,14,20,22H,3,6-11H2. The minimum Gasteiger partial charge on any atom is -0.396 e. The van der Waals surface area contributed by atoms with Gasteiger partial charge in [-0.2, -0.15) is 0 Å². The van der Waals surface area contributed by atoms with Crippen molar-refractivity contribution >= 4 is 11.3 Å². The highest BCUT2D eigenvalue weighted by Gasteiger charge is 2.39. The number of fused-ring (bicyclic) bond motifs is 1. The Kier molecular flexibility index (Phi) is 4.39. The van der Waals surface area contributed by atoms with E-state index in [0.29, 0.717) is 18.8 Å². The van der Waals surface area contributed by atoms with Gasteiger partial charge < -0.3 is 15.2 Å². The first-order valence-corrected chi connectivity index (χ1v) is 9.19. The molecule has 6 heteroatoms. The van der Waals surface area contributed by atoms with E-state index in [4.69, 9.17) is 9.72 Å². The predicted molar refractivity (Wildman–Crippen MR) is 91.5 cm³/mol. The molecule has 0 bridgehead atoms. The zero-order chi connectivity index (χ0) is 16.6. The fraction of sp³-hybridized carbons (Fsp3) is 0.500. The summed E-state index contributed by atoms with van der Waals surface area (Å²) in [6.07, 6.45) is 3.08. The number of aryl methyl sites for hydroxylation is 1. The van der Waals surface area contributed by atoms with Crippen LogP contribution in [0.15, 0.2) is 24.3 Å². The van der Waals surface area contributed by atoms with Gasteiger partial charge in [-0.3, -0.25) is 0 Å². The minimum absolute atomic E-state index is 0.142. The van der Waals surface area contributed by atoms with Crippen molar-refractivity contribution in [2.75, 3.05) is 26.4 Å². The Morgan fingerprint density at radius 1 is 1.38 bits per heavy atom. The third-order valence-corrected chi connectivity index (χ3v) is 6.17. The monoisotopic (exact) mass is 348 g/mol. The molecule has 0 radical (unpaired) electrons. The Morgan fingerprint density at radius 3 is 2.92 bits per heavy atom. The second-order valence-electron chi connectivity index (χ2n) is 6.79. The number of aromatic nitrogens is 1. The smallest absolute Gasteiger partial charge is 0.133 e. The molecule has 2 N–H and O–H groups in total. The van der Waals surface area contributed by atoms with Crippen LogP contribution in [0.5, 0.6) is 0 Å². The van der Waals surface area contributed by atoms with Crippen LogP contribution in [0.1, 0.15) is 29.5 Å². The number of aliphatic hydroxyl groups excluding tert-OH is 1. The zero-order valence-corrected chi connectivity index (χ0v) is 14.2. The molecule has 4 rings (SSSR count). The molecule has 1 aliphatic carbocycles. The highest BCUT2D eigenvalue weighted by molar-refractivity contribution is 7.15. The van der Waals surface area contributed by atoms with E-state index < -0.39 is 0 Å². The maximum Gasteiger partial charge on any atom is 0.133 e. The highest BCUT2D eigenvalue weighted by atomic mass is 32.1. The largest absolute Gasteiger partial charge is 0.396 e. The lowest BCUT2D eigenvalue weighted by Crippen LogP contribution is -2.52. The summed E-state index contributed by atoms with van der Waals surface area (Å²) in [6.45, 7) is 2.10. The first kappa shape index (κ1) is 16.1. The van der Waals surface area contributed by atoms with Gasteiger partial charge in [-0.15, -0.1) is 11.3 Å². The molecule has 1 unspecified atom stereocenters. The van der Waals surface area contributed by atoms with Crippen LogP contribution in [0.3, 0.4) is 0 Å². The van der Waals surface area contributed by atoms with Gasteiger partial charge in [0.25, 0.3) is 0 Å². The van der Waals surface area contributed by atoms with Gasteiger partial charge in [0.2, 0.25) is 0 Å². The van der Waals surface area contributed by atoms with Gasteiger partial charge >= 0.3 is 0 Å². The van der Waals surface area contributed by atoms with Crippen LogP contribution in [-0.4, -0.2) is 36.5 Å². The van der Waals surface area contributed by atoms with E-state index in [2.05, 4.69) is 5.32 Å². The fourth-order valence-corrected chi connectivity index (χ4v) is 4.59. The molecule has 1 atom stereocenters. The predicted octanol–water partition coefficient (Wildman–Crippen LogP) is 2.93. The molecule has 4 nitrogen and oxygen atoms in total. The van der Waals surface area contributed by atoms with Crippen molar-refractivity contribution in [3.63, 3.8) is 0 Å². The second kappa shape index (κ2) is 6.52. The molecule has 0 spiro atoms. The number of aliphatic hydroxyl groups is 1. The molecular formula is C18H21FN2O2S. The van der Waals surface area contributed by atoms with E-state index in [1.807, 2.05) is 6.07 Å². The molecule has 2 aliphatic rings. The normalized spacial score (nSPS) is 22.0. The van der Waals surface area contributed by atoms with Gasteiger partial charge in [0.15, 0.2) is 0 Å². The van der Waals surface area contributed by atoms with E-state index in [0.717, 1.165) is 36.5 Å². The van der Waals surface area contributed by atoms with E-state index in [-0.39, 0.29) is 23.9 Å². The van der Waals surface area contributed by atoms with Crippen molar-refractivity contribution in [2.45, 2.75) is 25.3 Å². The highest BCUT2D eigenvalue weighted by Crippen LogP contribution is 2.39. The van der Waals surface area contributed by atoms with Crippen molar-refractivity contribution in [3.8, 4) is 10.6 Å². The molecule has 0 saturated carbocycles. The molecule has 24 heavy (non-hydrogen) atoms. The van der Waals surface area contributed by atoms with Crippen LogP contribution in [0.4, 0.5) is 4.39 Å². The van der Waals surface area contributed by atoms with Crippen LogP contribution in [0, 0.1) is 11.2 Å². The molecule has 0 amide bonds. The molecule has 2 aromatic rings. The lowest BCUT2D eigenvalue weighted by molar-refractivity contribution is -0.135. The number of nitrogens with zero attached hydrogens (tertiary/aromatic N) is 1. The third kappa shape index (κ3) is 2.88. The third-order valence-electron chi connectivity index (χ3n) is 4.93. The first-order valence-electron chi connectivity index (χ1n) is 8.37. The van der Waals surface area contributed by atoms with Gasteiger partial charge in [0, 0.05) is 23.0 Å². The number of ether oxygens (including phenoxy) is 1. The van der Waals surface area contributed by atoms with E-state index in [1.165, 1.54) is 10.9 Å². The molecule has 1 aromatic heterocycles. The molecule has 128 valence electrons. The van der Waals surface area contributed by atoms with Crippen LogP contribution in [0.25, 0.3) is 10.6 Å². The number of nitrogens with one attached hydrogen (secondary N) is 1. The lowest BCUT2D eigenvalue weighted by Gasteiger charge is -2.41. The van der Waals surface area contributed by atoms with Crippen LogP contribution in [0.2, 0.25) is 0 Å². The molecule has 1 aromatic carbocycles. The Morgan fingerprint density at radius 2 is 2.21 bits per heavy atom. The van der Waals surface area contributed by atoms with E-state index in [9.17, 15) is 9.50 Å². The Hall–Kier alpha value is -1.34. The average Bonchev–Trinajstić information content (AvgIpc) is 2.99. The van der Waals surface area contributed by atoms with E-state index in [1.54, 1.807) is 23.5 Å². The minimum atomic E-state index is -0.223. The summed E-state index contributed by atoms with van der Waals surface area (Å²) in [5, 5.41) is 13.9. The SMILES string of the molecule is OCC1(CNC2CCCc3nc(-c4ccccc4F)sc32)COC1. The number of hydrogen-bond acceptors (Lipinski definition) is 5. The van der Waals surface area contributed by atoms with Gasteiger partial charge in [-0.1, -0.05) is 12.1 Å². The average molecular weight is 348 g/mol. The topological polar surface area (TPSA) is 54.4 Å². The van der Waals surface area contributed by atoms with Crippen LogP contribution in [-0.2, 0) is 11.2 Å². The van der Waals surface area contributed by atoms with Crippen molar-refractivity contribution in [1.82, 2.24) is 10.3 Å². The summed E-state index contributed by atoms with van der Waals surface area (Å²) in [5.74, 6) is -0.223. The van der Waals surface area contributed by atoms with Crippen LogP contribution < -0.4 is 5.32 Å². The van der Waals surface area contributed by atoms with Crippen molar-refractivity contribution < 1.29 is 14.2 Å². The van der Waals surface area contributed by atoms with Crippen molar-refractivity contribution in [3.05, 3.63) is 40.7 Å². The van der Waals surface area contributed by atoms with Crippen LogP contribution >= 0.6 is 11.3 Å². The maximum absolute atomic E-state index is 14.0. The number of halogens is 1. The van der Waals surface area contributed by atoms with Crippen molar-refractivity contribution in [2.24, 2.45) is 5.41 Å².